The zero-order valence-electron chi connectivity index (χ0n) is 13.5. The Labute approximate surface area is 129 Å². The van der Waals surface area contributed by atoms with Crippen molar-refractivity contribution in [2.24, 2.45) is 0 Å². The molecule has 2 N–H and O–H groups in total. The number of aliphatic hydroxyl groups excluding tert-OH is 1. The fourth-order valence-electron chi connectivity index (χ4n) is 3.24. The standard InChI is InChI=1S/C18H30N2O/c1-3-12-19-15(2)16-8-10-18(11-9-16)20-13-4-6-17(20)7-5-14-21/h8-11,15,17,19,21H,3-7,12-14H2,1-2H3. The van der Waals surface area contributed by atoms with Gasteiger partial charge < -0.3 is 15.3 Å². The molecule has 0 radical (unpaired) electrons. The molecule has 0 bridgehead atoms. The number of anilines is 1. The second-order valence-corrected chi connectivity index (χ2v) is 6.12. The van der Waals surface area contributed by atoms with E-state index in [0.29, 0.717) is 18.7 Å². The molecule has 3 heteroatoms. The fourth-order valence-corrected chi connectivity index (χ4v) is 3.24. The van der Waals surface area contributed by atoms with Gasteiger partial charge in [-0.15, -0.1) is 0 Å². The molecule has 3 nitrogen and oxygen atoms in total. The van der Waals surface area contributed by atoms with Gasteiger partial charge in [0.1, 0.15) is 0 Å². The fraction of sp³-hybridized carbons (Fsp3) is 0.667. The maximum atomic E-state index is 9.03. The molecule has 21 heavy (non-hydrogen) atoms. The third-order valence-electron chi connectivity index (χ3n) is 4.50. The van der Waals surface area contributed by atoms with Crippen LogP contribution in [-0.2, 0) is 0 Å². The van der Waals surface area contributed by atoms with Crippen molar-refractivity contribution in [2.75, 3.05) is 24.6 Å². The highest BCUT2D eigenvalue weighted by Crippen LogP contribution is 2.29. The van der Waals surface area contributed by atoms with Crippen molar-refractivity contribution >= 4 is 5.69 Å². The minimum atomic E-state index is 0.309. The SMILES string of the molecule is CCCNC(C)c1ccc(N2CCCC2CCCO)cc1. The van der Waals surface area contributed by atoms with E-state index in [4.69, 9.17) is 5.11 Å². The molecule has 1 fully saturated rings. The van der Waals surface area contributed by atoms with Crippen molar-refractivity contribution in [1.29, 1.82) is 0 Å². The second kappa shape index (κ2) is 8.40. The van der Waals surface area contributed by atoms with Gasteiger partial charge in [-0.3, -0.25) is 0 Å². The molecular formula is C18H30N2O. The summed E-state index contributed by atoms with van der Waals surface area (Å²) in [6.45, 7) is 6.95. The van der Waals surface area contributed by atoms with Gasteiger partial charge in [-0.05, 0) is 63.3 Å². The summed E-state index contributed by atoms with van der Waals surface area (Å²) in [5, 5.41) is 12.6. The van der Waals surface area contributed by atoms with Crippen molar-refractivity contribution in [3.63, 3.8) is 0 Å². The lowest BCUT2D eigenvalue weighted by molar-refractivity contribution is 0.279. The summed E-state index contributed by atoms with van der Waals surface area (Å²) in [6, 6.07) is 10.1. The lowest BCUT2D eigenvalue weighted by Crippen LogP contribution is -2.29. The zero-order valence-corrected chi connectivity index (χ0v) is 13.5. The van der Waals surface area contributed by atoms with Crippen LogP contribution in [0.4, 0.5) is 5.69 Å². The van der Waals surface area contributed by atoms with Gasteiger partial charge in [0.25, 0.3) is 0 Å². The number of hydrogen-bond donors (Lipinski definition) is 2. The van der Waals surface area contributed by atoms with E-state index in [0.717, 1.165) is 25.9 Å². The number of aliphatic hydroxyl groups is 1. The highest BCUT2D eigenvalue weighted by atomic mass is 16.2. The van der Waals surface area contributed by atoms with Crippen molar-refractivity contribution < 1.29 is 5.11 Å². The van der Waals surface area contributed by atoms with E-state index >= 15 is 0 Å². The molecule has 1 aromatic carbocycles. The molecule has 2 rings (SSSR count). The van der Waals surface area contributed by atoms with Crippen molar-refractivity contribution in [1.82, 2.24) is 5.32 Å². The molecule has 2 atom stereocenters. The first-order valence-corrected chi connectivity index (χ1v) is 8.47. The average molecular weight is 290 g/mol. The van der Waals surface area contributed by atoms with E-state index in [1.165, 1.54) is 30.5 Å². The molecular weight excluding hydrogens is 260 g/mol. The molecule has 0 saturated carbocycles. The maximum Gasteiger partial charge on any atom is 0.0431 e. The Bertz CT molecular complexity index is 404. The van der Waals surface area contributed by atoms with Crippen molar-refractivity contribution in [3.05, 3.63) is 29.8 Å². The number of nitrogens with one attached hydrogen (secondary N) is 1. The summed E-state index contributed by atoms with van der Waals surface area (Å²) in [5.41, 5.74) is 2.69. The van der Waals surface area contributed by atoms with Gasteiger partial charge in [-0.25, -0.2) is 0 Å². The number of hydrogen-bond acceptors (Lipinski definition) is 3. The zero-order chi connectivity index (χ0) is 15.1. The van der Waals surface area contributed by atoms with Crippen LogP contribution in [0, 0.1) is 0 Å². The summed E-state index contributed by atoms with van der Waals surface area (Å²) in [7, 11) is 0. The summed E-state index contributed by atoms with van der Waals surface area (Å²) in [4.78, 5) is 2.52. The van der Waals surface area contributed by atoms with Gasteiger partial charge >= 0.3 is 0 Å². The van der Waals surface area contributed by atoms with E-state index in [2.05, 4.69) is 48.3 Å². The van der Waals surface area contributed by atoms with Gasteiger partial charge in [0.05, 0.1) is 0 Å². The minimum absolute atomic E-state index is 0.309. The molecule has 1 saturated heterocycles. The smallest absolute Gasteiger partial charge is 0.0431 e. The van der Waals surface area contributed by atoms with Gasteiger partial charge in [0.2, 0.25) is 0 Å². The number of nitrogens with zero attached hydrogens (tertiary/aromatic N) is 1. The van der Waals surface area contributed by atoms with E-state index < -0.39 is 0 Å². The van der Waals surface area contributed by atoms with Gasteiger partial charge in [0.15, 0.2) is 0 Å². The lowest BCUT2D eigenvalue weighted by Gasteiger charge is -2.27. The lowest BCUT2D eigenvalue weighted by atomic mass is 10.1. The van der Waals surface area contributed by atoms with E-state index in [1.54, 1.807) is 0 Å². The monoisotopic (exact) mass is 290 g/mol. The summed E-state index contributed by atoms with van der Waals surface area (Å²) in [6.07, 6.45) is 5.72. The van der Waals surface area contributed by atoms with Crippen LogP contribution < -0.4 is 10.2 Å². The average Bonchev–Trinajstić information content (AvgIpc) is 2.99. The van der Waals surface area contributed by atoms with Gasteiger partial charge in [0, 0.05) is 30.9 Å². The Hall–Kier alpha value is -1.06. The molecule has 0 aliphatic carbocycles. The Morgan fingerprint density at radius 1 is 1.33 bits per heavy atom. The predicted molar refractivity (Wildman–Crippen MR) is 89.8 cm³/mol. The molecule has 1 aliphatic rings. The van der Waals surface area contributed by atoms with Crippen LogP contribution in [0.25, 0.3) is 0 Å². The second-order valence-electron chi connectivity index (χ2n) is 6.12. The first kappa shape index (κ1) is 16.3. The molecule has 0 amide bonds. The highest BCUT2D eigenvalue weighted by molar-refractivity contribution is 5.49. The van der Waals surface area contributed by atoms with Crippen LogP contribution in [0.3, 0.4) is 0 Å². The van der Waals surface area contributed by atoms with E-state index in [1.807, 2.05) is 0 Å². The van der Waals surface area contributed by atoms with Crippen LogP contribution in [0.5, 0.6) is 0 Å². The van der Waals surface area contributed by atoms with Crippen molar-refractivity contribution in [2.45, 2.75) is 58.0 Å². The van der Waals surface area contributed by atoms with E-state index in [-0.39, 0.29) is 0 Å². The Kier molecular flexibility index (Phi) is 6.52. The Morgan fingerprint density at radius 2 is 2.10 bits per heavy atom. The topological polar surface area (TPSA) is 35.5 Å². The first-order chi connectivity index (χ1) is 10.3. The summed E-state index contributed by atoms with van der Waals surface area (Å²) < 4.78 is 0. The third kappa shape index (κ3) is 4.45. The molecule has 1 aromatic rings. The normalized spacial score (nSPS) is 20.0. The molecule has 1 aliphatic heterocycles. The third-order valence-corrected chi connectivity index (χ3v) is 4.50. The Morgan fingerprint density at radius 3 is 2.76 bits per heavy atom. The van der Waals surface area contributed by atoms with Crippen LogP contribution >= 0.6 is 0 Å². The first-order valence-electron chi connectivity index (χ1n) is 8.47. The number of benzene rings is 1. The predicted octanol–water partition coefficient (Wildman–Crippen LogP) is 3.49. The largest absolute Gasteiger partial charge is 0.396 e. The van der Waals surface area contributed by atoms with Crippen LogP contribution in [0.2, 0.25) is 0 Å². The molecule has 0 spiro atoms. The molecule has 0 aromatic heterocycles. The Balaban J connectivity index is 1.97. The van der Waals surface area contributed by atoms with Crippen LogP contribution in [0.1, 0.15) is 57.6 Å². The summed E-state index contributed by atoms with van der Waals surface area (Å²) >= 11 is 0. The van der Waals surface area contributed by atoms with Crippen LogP contribution in [-0.4, -0.2) is 30.8 Å². The number of rotatable bonds is 8. The van der Waals surface area contributed by atoms with Gasteiger partial charge in [-0.1, -0.05) is 19.1 Å². The summed E-state index contributed by atoms with van der Waals surface area (Å²) in [5.74, 6) is 0. The van der Waals surface area contributed by atoms with E-state index in [9.17, 15) is 0 Å². The maximum absolute atomic E-state index is 9.03. The van der Waals surface area contributed by atoms with Crippen LogP contribution in [0.15, 0.2) is 24.3 Å². The van der Waals surface area contributed by atoms with Gasteiger partial charge in [-0.2, -0.15) is 0 Å². The molecule has 2 unspecified atom stereocenters. The molecule has 118 valence electrons. The minimum Gasteiger partial charge on any atom is -0.396 e. The quantitative estimate of drug-likeness (QED) is 0.769. The highest BCUT2D eigenvalue weighted by Gasteiger charge is 2.24. The molecule has 1 heterocycles. The van der Waals surface area contributed by atoms with Crippen molar-refractivity contribution in [3.8, 4) is 0 Å².